The van der Waals surface area contributed by atoms with Crippen LogP contribution in [0.1, 0.15) is 10.4 Å². The van der Waals surface area contributed by atoms with Crippen molar-refractivity contribution in [2.75, 3.05) is 5.73 Å². The fraction of sp³-hybridized carbons (Fsp3) is 0. The molecule has 0 bridgehead atoms. The Labute approximate surface area is 129 Å². The van der Waals surface area contributed by atoms with E-state index in [1.54, 1.807) is 0 Å². The molecule has 116 valence electrons. The maximum Gasteiger partial charge on any atom is 0.254 e. The maximum atomic E-state index is 12.9. The summed E-state index contributed by atoms with van der Waals surface area (Å²) in [6, 6.07) is 6.93. The molecule has 0 saturated heterocycles. The molecule has 2 heterocycles. The van der Waals surface area contributed by atoms with Crippen LogP contribution in [-0.4, -0.2) is 25.7 Å². The largest absolute Gasteiger partial charge is 0.439 e. The highest BCUT2D eigenvalue weighted by Crippen LogP contribution is 2.22. The first kappa shape index (κ1) is 14.4. The average molecular weight is 314 g/mol. The van der Waals surface area contributed by atoms with Crippen LogP contribution < -0.4 is 16.2 Å². The van der Waals surface area contributed by atoms with E-state index < -0.39 is 5.91 Å². The molecule has 1 amide bonds. The lowest BCUT2D eigenvalue weighted by Gasteiger charge is -2.07. The van der Waals surface area contributed by atoms with Crippen molar-refractivity contribution in [1.82, 2.24) is 19.7 Å². The summed E-state index contributed by atoms with van der Waals surface area (Å²) < 4.78 is 19.6. The zero-order valence-corrected chi connectivity index (χ0v) is 11.7. The second-order valence-corrected chi connectivity index (χ2v) is 4.49. The highest BCUT2D eigenvalue weighted by atomic mass is 19.1. The first-order chi connectivity index (χ1) is 11.0. The van der Waals surface area contributed by atoms with E-state index in [9.17, 15) is 9.18 Å². The van der Waals surface area contributed by atoms with E-state index in [2.05, 4.69) is 15.1 Å². The number of anilines is 1. The molecule has 0 radical (unpaired) electrons. The Bertz CT molecular complexity index is 862. The number of ether oxygens (including phenoxy) is 1. The van der Waals surface area contributed by atoms with Crippen molar-refractivity contribution in [3.8, 4) is 17.4 Å². The number of carbonyl (C=O) groups is 1. The number of carbonyl (C=O) groups excluding carboxylic acids is 1. The van der Waals surface area contributed by atoms with Gasteiger partial charge in [-0.15, -0.1) is 0 Å². The fourth-order valence-electron chi connectivity index (χ4n) is 1.86. The third kappa shape index (κ3) is 2.93. The minimum absolute atomic E-state index is 0.0592. The Kier molecular flexibility index (Phi) is 3.59. The van der Waals surface area contributed by atoms with Crippen LogP contribution in [0.4, 0.5) is 10.2 Å². The number of benzene rings is 1. The number of rotatable bonds is 4. The van der Waals surface area contributed by atoms with Crippen LogP contribution in [0.2, 0.25) is 0 Å². The number of nitrogens with two attached hydrogens (primary N) is 2. The van der Waals surface area contributed by atoms with Gasteiger partial charge in [-0.1, -0.05) is 0 Å². The third-order valence-electron chi connectivity index (χ3n) is 2.95. The molecule has 2 aromatic heterocycles. The molecule has 3 rings (SSSR count). The Morgan fingerprint density at radius 3 is 2.61 bits per heavy atom. The number of aromatic nitrogens is 4. The normalized spacial score (nSPS) is 10.5. The van der Waals surface area contributed by atoms with Crippen molar-refractivity contribution in [3.05, 3.63) is 54.2 Å². The van der Waals surface area contributed by atoms with E-state index in [-0.39, 0.29) is 23.1 Å². The number of halogens is 1. The van der Waals surface area contributed by atoms with Gasteiger partial charge in [-0.05, 0) is 24.3 Å². The number of hydrogen-bond donors (Lipinski definition) is 2. The van der Waals surface area contributed by atoms with Crippen molar-refractivity contribution in [1.29, 1.82) is 0 Å². The topological polar surface area (TPSA) is 122 Å². The van der Waals surface area contributed by atoms with Gasteiger partial charge in [0.2, 0.25) is 5.88 Å². The second-order valence-electron chi connectivity index (χ2n) is 4.49. The average Bonchev–Trinajstić information content (AvgIpc) is 2.92. The molecule has 0 aliphatic heterocycles. The summed E-state index contributed by atoms with van der Waals surface area (Å²) in [5.41, 5.74) is 11.1. The number of nitrogens with zero attached hydrogens (tertiary/aromatic N) is 4. The molecule has 0 fully saturated rings. The molecule has 3 aromatic rings. The summed E-state index contributed by atoms with van der Waals surface area (Å²) in [5, 5.41) is 3.96. The van der Waals surface area contributed by atoms with E-state index in [1.165, 1.54) is 47.5 Å². The summed E-state index contributed by atoms with van der Waals surface area (Å²) in [4.78, 5) is 19.2. The van der Waals surface area contributed by atoms with Crippen LogP contribution in [0, 0.1) is 5.82 Å². The number of amides is 1. The zero-order valence-electron chi connectivity index (χ0n) is 11.7. The van der Waals surface area contributed by atoms with Crippen LogP contribution in [0.3, 0.4) is 0 Å². The predicted octanol–water partition coefficient (Wildman–Crippen LogP) is 1.27. The van der Waals surface area contributed by atoms with Crippen molar-refractivity contribution >= 4 is 11.7 Å². The van der Waals surface area contributed by atoms with E-state index in [0.717, 1.165) is 0 Å². The van der Waals surface area contributed by atoms with E-state index in [4.69, 9.17) is 16.2 Å². The van der Waals surface area contributed by atoms with Crippen molar-refractivity contribution < 1.29 is 13.9 Å². The summed E-state index contributed by atoms with van der Waals surface area (Å²) in [6.45, 7) is 0. The second kappa shape index (κ2) is 5.72. The lowest BCUT2D eigenvalue weighted by Crippen LogP contribution is -2.13. The van der Waals surface area contributed by atoms with Gasteiger partial charge >= 0.3 is 0 Å². The van der Waals surface area contributed by atoms with Gasteiger partial charge < -0.3 is 16.2 Å². The van der Waals surface area contributed by atoms with Gasteiger partial charge in [0.05, 0.1) is 6.20 Å². The van der Waals surface area contributed by atoms with Crippen LogP contribution in [0.25, 0.3) is 5.82 Å². The van der Waals surface area contributed by atoms with Gasteiger partial charge in [0.15, 0.2) is 5.82 Å². The zero-order chi connectivity index (χ0) is 16.4. The molecule has 0 saturated carbocycles. The molecule has 0 atom stereocenters. The highest BCUT2D eigenvalue weighted by Gasteiger charge is 2.14. The van der Waals surface area contributed by atoms with Crippen LogP contribution >= 0.6 is 0 Å². The molecule has 23 heavy (non-hydrogen) atoms. The molecule has 8 nitrogen and oxygen atoms in total. The minimum Gasteiger partial charge on any atom is -0.439 e. The fourth-order valence-corrected chi connectivity index (χ4v) is 1.86. The van der Waals surface area contributed by atoms with Crippen LogP contribution in [0.5, 0.6) is 11.6 Å². The van der Waals surface area contributed by atoms with E-state index in [0.29, 0.717) is 11.6 Å². The molecule has 0 aliphatic rings. The molecular weight excluding hydrogens is 303 g/mol. The SMILES string of the molecule is NC(=O)c1cnn(-c2cc(Oc3ccc(F)cc3)ncn2)c1N. The summed E-state index contributed by atoms with van der Waals surface area (Å²) in [6.07, 6.45) is 2.50. The van der Waals surface area contributed by atoms with Gasteiger partial charge in [-0.2, -0.15) is 9.78 Å². The first-order valence-corrected chi connectivity index (χ1v) is 6.44. The Hall–Kier alpha value is -3.49. The smallest absolute Gasteiger partial charge is 0.254 e. The quantitative estimate of drug-likeness (QED) is 0.748. The van der Waals surface area contributed by atoms with Crippen molar-refractivity contribution in [2.45, 2.75) is 0 Å². The minimum atomic E-state index is -0.689. The Morgan fingerprint density at radius 1 is 1.22 bits per heavy atom. The molecule has 9 heteroatoms. The molecular formula is C14H11FN6O2. The molecule has 0 spiro atoms. The van der Waals surface area contributed by atoms with Gasteiger partial charge in [-0.25, -0.2) is 14.4 Å². The third-order valence-corrected chi connectivity index (χ3v) is 2.95. The summed E-state index contributed by atoms with van der Waals surface area (Å²) in [5.74, 6) is -0.0971. The first-order valence-electron chi connectivity index (χ1n) is 6.44. The predicted molar refractivity (Wildman–Crippen MR) is 78.6 cm³/mol. The summed E-state index contributed by atoms with van der Waals surface area (Å²) >= 11 is 0. The lowest BCUT2D eigenvalue weighted by atomic mass is 10.3. The Morgan fingerprint density at radius 2 is 1.96 bits per heavy atom. The van der Waals surface area contributed by atoms with Gasteiger partial charge in [0, 0.05) is 6.07 Å². The number of primary amides is 1. The van der Waals surface area contributed by atoms with E-state index in [1.807, 2.05) is 0 Å². The summed E-state index contributed by atoms with van der Waals surface area (Å²) in [7, 11) is 0. The highest BCUT2D eigenvalue weighted by molar-refractivity contribution is 5.97. The van der Waals surface area contributed by atoms with Crippen molar-refractivity contribution in [3.63, 3.8) is 0 Å². The van der Waals surface area contributed by atoms with E-state index >= 15 is 0 Å². The molecule has 0 aliphatic carbocycles. The molecule has 0 unspecified atom stereocenters. The number of hydrogen-bond acceptors (Lipinski definition) is 6. The number of nitrogen functional groups attached to an aromatic ring is 1. The monoisotopic (exact) mass is 314 g/mol. The lowest BCUT2D eigenvalue weighted by molar-refractivity contribution is 0.100. The molecule has 4 N–H and O–H groups in total. The van der Waals surface area contributed by atoms with Gasteiger partial charge in [0.1, 0.15) is 29.3 Å². The standard InChI is InChI=1S/C14H11FN6O2/c15-8-1-3-9(4-2-8)23-12-5-11(18-7-19-12)21-13(16)10(6-20-21)14(17)22/h1-7H,16H2,(H2,17,22). The maximum absolute atomic E-state index is 12.9. The van der Waals surface area contributed by atoms with Crippen LogP contribution in [0.15, 0.2) is 42.9 Å². The van der Waals surface area contributed by atoms with Gasteiger partial charge in [0.25, 0.3) is 5.91 Å². The van der Waals surface area contributed by atoms with Crippen molar-refractivity contribution in [2.24, 2.45) is 5.73 Å². The van der Waals surface area contributed by atoms with Gasteiger partial charge in [-0.3, -0.25) is 4.79 Å². The Balaban J connectivity index is 1.91. The van der Waals surface area contributed by atoms with Crippen LogP contribution in [-0.2, 0) is 0 Å². The molecule has 1 aromatic carbocycles.